The van der Waals surface area contributed by atoms with E-state index in [0.29, 0.717) is 30.3 Å². The largest absolute Gasteiger partial charge is 0.416 e. The van der Waals surface area contributed by atoms with E-state index in [0.717, 1.165) is 12.1 Å². The van der Waals surface area contributed by atoms with Crippen LogP contribution in [-0.4, -0.2) is 48.9 Å². The molecule has 0 radical (unpaired) electrons. The zero-order valence-corrected chi connectivity index (χ0v) is 17.1. The van der Waals surface area contributed by atoms with E-state index in [-0.39, 0.29) is 18.0 Å². The van der Waals surface area contributed by atoms with Crippen LogP contribution in [0.2, 0.25) is 0 Å². The van der Waals surface area contributed by atoms with Gasteiger partial charge in [0.1, 0.15) is 0 Å². The summed E-state index contributed by atoms with van der Waals surface area (Å²) < 4.78 is 65.3. The maximum atomic E-state index is 12.8. The second-order valence-electron chi connectivity index (χ2n) is 7.02. The van der Waals surface area contributed by atoms with Gasteiger partial charge in [-0.15, -0.1) is 0 Å². The van der Waals surface area contributed by atoms with E-state index in [4.69, 9.17) is 0 Å². The van der Waals surface area contributed by atoms with Crippen molar-refractivity contribution in [3.8, 4) is 11.3 Å². The Morgan fingerprint density at radius 2 is 1.48 bits per heavy atom. The average molecular weight is 448 g/mol. The summed E-state index contributed by atoms with van der Waals surface area (Å²) >= 11 is 0. The molecular formula is C21H19F3N4O2S. The van der Waals surface area contributed by atoms with Gasteiger partial charge in [0, 0.05) is 37.9 Å². The number of alkyl halides is 3. The summed E-state index contributed by atoms with van der Waals surface area (Å²) in [5.41, 5.74) is 0.321. The van der Waals surface area contributed by atoms with Gasteiger partial charge in [-0.2, -0.15) is 17.5 Å². The topological polar surface area (TPSA) is 66.4 Å². The standard InChI is InChI=1S/C21H19F3N4O2S/c22-21(23,24)17-8-6-16(7-9-17)19-10-11-25-20(26-19)27-12-14-28(15-13-27)31(29,30)18-4-2-1-3-5-18/h1-11H,12-15H2. The smallest absolute Gasteiger partial charge is 0.338 e. The highest BCUT2D eigenvalue weighted by atomic mass is 32.2. The normalized spacial score (nSPS) is 15.8. The van der Waals surface area contributed by atoms with Gasteiger partial charge in [0.15, 0.2) is 0 Å². The fourth-order valence-corrected chi connectivity index (χ4v) is 4.80. The van der Waals surface area contributed by atoms with Gasteiger partial charge in [0.05, 0.1) is 16.2 Å². The van der Waals surface area contributed by atoms with Crippen LogP contribution in [0.15, 0.2) is 71.8 Å². The van der Waals surface area contributed by atoms with Crippen LogP contribution in [0.4, 0.5) is 19.1 Å². The summed E-state index contributed by atoms with van der Waals surface area (Å²) in [6, 6.07) is 14.7. The summed E-state index contributed by atoms with van der Waals surface area (Å²) in [6.45, 7) is 1.38. The number of piperazine rings is 1. The minimum absolute atomic E-state index is 0.254. The summed E-state index contributed by atoms with van der Waals surface area (Å²) in [5, 5.41) is 0. The number of nitrogens with zero attached hydrogens (tertiary/aromatic N) is 4. The van der Waals surface area contributed by atoms with E-state index in [1.165, 1.54) is 16.4 Å². The van der Waals surface area contributed by atoms with Crippen molar-refractivity contribution < 1.29 is 21.6 Å². The predicted molar refractivity (Wildman–Crippen MR) is 110 cm³/mol. The van der Waals surface area contributed by atoms with Crippen molar-refractivity contribution in [1.29, 1.82) is 0 Å². The Hall–Kier alpha value is -2.98. The first-order valence-electron chi connectivity index (χ1n) is 9.56. The molecule has 0 bridgehead atoms. The van der Waals surface area contributed by atoms with Gasteiger partial charge >= 0.3 is 6.18 Å². The number of sulfonamides is 1. The molecular weight excluding hydrogens is 429 g/mol. The number of anilines is 1. The van der Waals surface area contributed by atoms with Crippen LogP contribution in [-0.2, 0) is 16.2 Å². The summed E-state index contributed by atoms with van der Waals surface area (Å²) in [6.07, 6.45) is -2.85. The second kappa shape index (κ2) is 8.27. The molecule has 1 aromatic heterocycles. The predicted octanol–water partition coefficient (Wildman–Crippen LogP) is 3.67. The van der Waals surface area contributed by atoms with Crippen molar-refractivity contribution in [2.75, 3.05) is 31.1 Å². The molecule has 0 saturated carbocycles. The molecule has 1 aliphatic heterocycles. The van der Waals surface area contributed by atoms with E-state index in [2.05, 4.69) is 9.97 Å². The number of hydrogen-bond donors (Lipinski definition) is 0. The van der Waals surface area contributed by atoms with Crippen molar-refractivity contribution in [2.24, 2.45) is 0 Å². The van der Waals surface area contributed by atoms with Crippen LogP contribution >= 0.6 is 0 Å². The Morgan fingerprint density at radius 1 is 0.839 bits per heavy atom. The molecule has 1 aliphatic rings. The van der Waals surface area contributed by atoms with Gasteiger partial charge < -0.3 is 4.90 Å². The SMILES string of the molecule is O=S(=O)(c1ccccc1)N1CCN(c2nccc(-c3ccc(C(F)(F)F)cc3)n2)CC1. The van der Waals surface area contributed by atoms with Crippen LogP contribution in [0.25, 0.3) is 11.3 Å². The Morgan fingerprint density at radius 3 is 2.10 bits per heavy atom. The molecule has 3 aromatic rings. The maximum Gasteiger partial charge on any atom is 0.416 e. The first kappa shape index (κ1) is 21.3. The lowest BCUT2D eigenvalue weighted by molar-refractivity contribution is -0.137. The van der Waals surface area contributed by atoms with Gasteiger partial charge in [-0.3, -0.25) is 0 Å². The fourth-order valence-electron chi connectivity index (χ4n) is 3.36. The van der Waals surface area contributed by atoms with E-state index in [1.807, 2.05) is 4.90 Å². The van der Waals surface area contributed by atoms with E-state index in [9.17, 15) is 21.6 Å². The minimum atomic E-state index is -4.39. The van der Waals surface area contributed by atoms with E-state index >= 15 is 0 Å². The van der Waals surface area contributed by atoms with Crippen LogP contribution in [0.1, 0.15) is 5.56 Å². The molecule has 1 fully saturated rings. The van der Waals surface area contributed by atoms with Crippen molar-refractivity contribution in [3.63, 3.8) is 0 Å². The zero-order chi connectivity index (χ0) is 22.1. The Kier molecular flexibility index (Phi) is 5.67. The number of rotatable bonds is 4. The van der Waals surface area contributed by atoms with Crippen molar-refractivity contribution in [2.45, 2.75) is 11.1 Å². The van der Waals surface area contributed by atoms with Crippen molar-refractivity contribution >= 4 is 16.0 Å². The molecule has 2 heterocycles. The summed E-state index contributed by atoms with van der Waals surface area (Å²) in [5.74, 6) is 0.411. The van der Waals surface area contributed by atoms with Crippen molar-refractivity contribution in [1.82, 2.24) is 14.3 Å². The van der Waals surface area contributed by atoms with Crippen LogP contribution in [0.3, 0.4) is 0 Å². The first-order chi connectivity index (χ1) is 14.7. The number of halogens is 3. The molecule has 2 aromatic carbocycles. The van der Waals surface area contributed by atoms with Gasteiger partial charge in [-0.25, -0.2) is 18.4 Å². The molecule has 0 spiro atoms. The molecule has 0 N–H and O–H groups in total. The lowest BCUT2D eigenvalue weighted by Crippen LogP contribution is -2.49. The first-order valence-corrected chi connectivity index (χ1v) is 11.0. The quantitative estimate of drug-likeness (QED) is 0.609. The highest BCUT2D eigenvalue weighted by molar-refractivity contribution is 7.89. The maximum absolute atomic E-state index is 12.8. The lowest BCUT2D eigenvalue weighted by Gasteiger charge is -2.34. The minimum Gasteiger partial charge on any atom is -0.338 e. The number of aromatic nitrogens is 2. The third kappa shape index (κ3) is 4.54. The third-order valence-electron chi connectivity index (χ3n) is 5.05. The Balaban J connectivity index is 1.47. The number of hydrogen-bond acceptors (Lipinski definition) is 5. The molecule has 0 amide bonds. The monoisotopic (exact) mass is 448 g/mol. The molecule has 0 unspecified atom stereocenters. The van der Waals surface area contributed by atoms with Crippen LogP contribution in [0.5, 0.6) is 0 Å². The third-order valence-corrected chi connectivity index (χ3v) is 6.97. The Labute approximate surface area is 178 Å². The van der Waals surface area contributed by atoms with Gasteiger partial charge in [-0.1, -0.05) is 30.3 Å². The van der Waals surface area contributed by atoms with Crippen LogP contribution < -0.4 is 4.90 Å². The van der Waals surface area contributed by atoms with E-state index < -0.39 is 21.8 Å². The molecule has 10 heteroatoms. The van der Waals surface area contributed by atoms with Gasteiger partial charge in [-0.05, 0) is 30.3 Å². The molecule has 4 rings (SSSR count). The molecule has 162 valence electrons. The highest BCUT2D eigenvalue weighted by Gasteiger charge is 2.31. The van der Waals surface area contributed by atoms with Gasteiger partial charge in [0.25, 0.3) is 0 Å². The fraction of sp³-hybridized carbons (Fsp3) is 0.238. The van der Waals surface area contributed by atoms with Crippen molar-refractivity contribution in [3.05, 3.63) is 72.4 Å². The molecule has 31 heavy (non-hydrogen) atoms. The van der Waals surface area contributed by atoms with Crippen LogP contribution in [0, 0.1) is 0 Å². The lowest BCUT2D eigenvalue weighted by atomic mass is 10.1. The number of benzene rings is 2. The highest BCUT2D eigenvalue weighted by Crippen LogP contribution is 2.31. The molecule has 0 aliphatic carbocycles. The van der Waals surface area contributed by atoms with Gasteiger partial charge in [0.2, 0.25) is 16.0 Å². The molecule has 1 saturated heterocycles. The summed E-state index contributed by atoms with van der Waals surface area (Å²) in [4.78, 5) is 10.8. The van der Waals surface area contributed by atoms with E-state index in [1.54, 1.807) is 42.6 Å². The zero-order valence-electron chi connectivity index (χ0n) is 16.3. The molecule has 6 nitrogen and oxygen atoms in total. The summed E-state index contributed by atoms with van der Waals surface area (Å²) in [7, 11) is -3.56. The second-order valence-corrected chi connectivity index (χ2v) is 8.96. The molecule has 0 atom stereocenters. The Bertz CT molecular complexity index is 1150. The average Bonchev–Trinajstić information content (AvgIpc) is 2.79.